The van der Waals surface area contributed by atoms with Gasteiger partial charge in [-0.15, -0.1) is 0 Å². The first-order chi connectivity index (χ1) is 22.5. The lowest BCUT2D eigenvalue weighted by atomic mass is 9.91. The van der Waals surface area contributed by atoms with E-state index in [1.807, 2.05) is 31.2 Å². The Morgan fingerprint density at radius 1 is 0.717 bits per heavy atom. The maximum Gasteiger partial charge on any atom is 0.0543 e. The molecule has 0 bridgehead atoms. The number of anilines is 2. The second-order valence-corrected chi connectivity index (χ2v) is 11.1. The molecule has 0 spiro atoms. The van der Waals surface area contributed by atoms with Crippen molar-refractivity contribution in [2.75, 3.05) is 5.32 Å². The minimum absolute atomic E-state index is 0.905. The van der Waals surface area contributed by atoms with Crippen LogP contribution in [0.3, 0.4) is 0 Å². The van der Waals surface area contributed by atoms with Gasteiger partial charge in [-0.2, -0.15) is 0 Å². The summed E-state index contributed by atoms with van der Waals surface area (Å²) < 4.78 is 0. The fraction of sp³-hybridized carbons (Fsp3) is 0.0455. The van der Waals surface area contributed by atoms with Gasteiger partial charge in [-0.05, 0) is 87.5 Å². The minimum atomic E-state index is 0.905. The summed E-state index contributed by atoms with van der Waals surface area (Å²) in [6.07, 6.45) is 13.6. The van der Waals surface area contributed by atoms with Gasteiger partial charge in [0.25, 0.3) is 0 Å². The first kappa shape index (κ1) is 31.6. The SMILES string of the molecule is C=C/C=C(/c1ccc2c(Nc3ccccc3)c(C(=C)/C=C\C(=C/C)c3ccc(/C(C=C)=C/N)cc3)ccc2c1)c1ccccc1C. The first-order valence-corrected chi connectivity index (χ1v) is 15.4. The van der Waals surface area contributed by atoms with Gasteiger partial charge in [0.05, 0.1) is 5.69 Å². The number of para-hydroxylation sites is 1. The molecule has 0 fully saturated rings. The van der Waals surface area contributed by atoms with Crippen molar-refractivity contribution in [2.24, 2.45) is 5.73 Å². The highest BCUT2D eigenvalue weighted by Crippen LogP contribution is 2.37. The summed E-state index contributed by atoms with van der Waals surface area (Å²) in [5, 5.41) is 5.97. The Bertz CT molecular complexity index is 2020. The van der Waals surface area contributed by atoms with Crippen LogP contribution in [0.5, 0.6) is 0 Å². The molecule has 0 amide bonds. The van der Waals surface area contributed by atoms with Crippen molar-refractivity contribution in [3.05, 3.63) is 205 Å². The molecule has 0 atom stereocenters. The van der Waals surface area contributed by atoms with Crippen molar-refractivity contribution in [3.8, 4) is 0 Å². The van der Waals surface area contributed by atoms with Crippen molar-refractivity contribution in [3.63, 3.8) is 0 Å². The third-order valence-corrected chi connectivity index (χ3v) is 8.17. The van der Waals surface area contributed by atoms with Crippen LogP contribution in [-0.2, 0) is 0 Å². The van der Waals surface area contributed by atoms with Crippen molar-refractivity contribution >= 4 is 44.4 Å². The highest BCUT2D eigenvalue weighted by atomic mass is 14.9. The zero-order chi connectivity index (χ0) is 32.5. The van der Waals surface area contributed by atoms with E-state index in [2.05, 4.69) is 147 Å². The summed E-state index contributed by atoms with van der Waals surface area (Å²) in [5.41, 5.74) is 18.6. The van der Waals surface area contributed by atoms with Crippen molar-refractivity contribution < 1.29 is 0 Å². The third-order valence-electron chi connectivity index (χ3n) is 8.17. The second-order valence-electron chi connectivity index (χ2n) is 11.1. The smallest absolute Gasteiger partial charge is 0.0543 e. The molecule has 0 aliphatic carbocycles. The molecule has 5 rings (SSSR count). The van der Waals surface area contributed by atoms with Gasteiger partial charge in [0.15, 0.2) is 0 Å². The zero-order valence-corrected chi connectivity index (χ0v) is 26.6. The van der Waals surface area contributed by atoms with Crippen LogP contribution in [0.15, 0.2) is 172 Å². The van der Waals surface area contributed by atoms with Gasteiger partial charge in [-0.3, -0.25) is 0 Å². The van der Waals surface area contributed by atoms with Crippen LogP contribution >= 0.6 is 0 Å². The Morgan fingerprint density at radius 3 is 2.04 bits per heavy atom. The lowest BCUT2D eigenvalue weighted by Gasteiger charge is -2.18. The molecule has 0 aromatic heterocycles. The predicted octanol–water partition coefficient (Wildman–Crippen LogP) is 11.7. The monoisotopic (exact) mass is 596 g/mol. The molecule has 0 aliphatic rings. The van der Waals surface area contributed by atoms with Crippen LogP contribution in [0.25, 0.3) is 33.1 Å². The van der Waals surface area contributed by atoms with Crippen LogP contribution in [0.2, 0.25) is 0 Å². The minimum Gasteiger partial charge on any atom is -0.404 e. The molecule has 3 N–H and O–H groups in total. The largest absolute Gasteiger partial charge is 0.404 e. The lowest BCUT2D eigenvalue weighted by Crippen LogP contribution is -1.98. The average molecular weight is 597 g/mol. The first-order valence-electron chi connectivity index (χ1n) is 15.4. The van der Waals surface area contributed by atoms with E-state index in [0.29, 0.717) is 0 Å². The molecule has 0 aliphatic heterocycles. The zero-order valence-electron chi connectivity index (χ0n) is 26.6. The summed E-state index contributed by atoms with van der Waals surface area (Å²) >= 11 is 0. The molecular weight excluding hydrogens is 556 g/mol. The summed E-state index contributed by atoms with van der Waals surface area (Å²) in [6.45, 7) is 16.5. The normalized spacial score (nSPS) is 12.3. The number of nitrogens with one attached hydrogen (secondary N) is 1. The Morgan fingerprint density at radius 2 is 1.39 bits per heavy atom. The van der Waals surface area contributed by atoms with E-state index in [-0.39, 0.29) is 0 Å². The van der Waals surface area contributed by atoms with Crippen molar-refractivity contribution in [1.29, 1.82) is 0 Å². The van der Waals surface area contributed by atoms with E-state index in [1.165, 1.54) is 11.1 Å². The van der Waals surface area contributed by atoms with E-state index < -0.39 is 0 Å². The topological polar surface area (TPSA) is 38.0 Å². The van der Waals surface area contributed by atoms with Crippen LogP contribution in [0, 0.1) is 6.92 Å². The fourth-order valence-electron chi connectivity index (χ4n) is 5.68. The lowest BCUT2D eigenvalue weighted by molar-refractivity contribution is 1.41. The second kappa shape index (κ2) is 14.7. The fourth-order valence-corrected chi connectivity index (χ4v) is 5.68. The van der Waals surface area contributed by atoms with E-state index in [0.717, 1.165) is 66.7 Å². The molecule has 0 saturated heterocycles. The molecule has 0 saturated carbocycles. The number of aryl methyl sites for hydroxylation is 1. The van der Waals surface area contributed by atoms with Gasteiger partial charge < -0.3 is 11.1 Å². The number of fused-ring (bicyclic) bond motifs is 1. The van der Waals surface area contributed by atoms with Crippen LogP contribution in [0.1, 0.15) is 40.3 Å². The number of hydrogen-bond acceptors (Lipinski definition) is 2. The quantitative estimate of drug-likeness (QED) is 0.149. The van der Waals surface area contributed by atoms with E-state index in [1.54, 1.807) is 12.3 Å². The standard InChI is InChI=1S/C44H40N2/c1-6-14-42(40-18-13-12-15-31(40)4)37-26-28-43-38(29-37)25-27-41(44(43)46-39-16-10-9-11-17-39)32(5)19-20-33(7-2)35-21-23-36(24-22-35)34(8-3)30-45/h6-30,46H,1,3,5,45H2,2,4H3/b20-19-,33-7+,34-30+,42-14-. The van der Waals surface area contributed by atoms with Gasteiger partial charge in [0.1, 0.15) is 0 Å². The molecule has 226 valence electrons. The molecule has 0 heterocycles. The summed E-state index contributed by atoms with van der Waals surface area (Å²) in [4.78, 5) is 0. The maximum atomic E-state index is 5.76. The average Bonchev–Trinajstić information content (AvgIpc) is 3.09. The molecule has 2 heteroatoms. The van der Waals surface area contributed by atoms with Gasteiger partial charge in [0, 0.05) is 22.8 Å². The van der Waals surface area contributed by atoms with E-state index in [4.69, 9.17) is 5.73 Å². The summed E-state index contributed by atoms with van der Waals surface area (Å²) in [6, 6.07) is 38.1. The molecule has 5 aromatic rings. The number of hydrogen-bond donors (Lipinski definition) is 2. The predicted molar refractivity (Wildman–Crippen MR) is 203 cm³/mol. The number of benzene rings is 5. The molecule has 46 heavy (non-hydrogen) atoms. The Labute approximate surface area is 273 Å². The summed E-state index contributed by atoms with van der Waals surface area (Å²) in [5.74, 6) is 0. The number of allylic oxidation sites excluding steroid dienone is 9. The Balaban J connectivity index is 1.54. The maximum absolute atomic E-state index is 5.76. The van der Waals surface area contributed by atoms with Gasteiger partial charge >= 0.3 is 0 Å². The molecule has 2 nitrogen and oxygen atoms in total. The van der Waals surface area contributed by atoms with Crippen LogP contribution in [-0.4, -0.2) is 0 Å². The highest BCUT2D eigenvalue weighted by Gasteiger charge is 2.13. The highest BCUT2D eigenvalue weighted by molar-refractivity contribution is 6.03. The van der Waals surface area contributed by atoms with Gasteiger partial charge in [-0.25, -0.2) is 0 Å². The Hall–Kier alpha value is -5.86. The van der Waals surface area contributed by atoms with Crippen molar-refractivity contribution in [2.45, 2.75) is 13.8 Å². The molecule has 5 aromatic carbocycles. The van der Waals surface area contributed by atoms with Crippen LogP contribution < -0.4 is 11.1 Å². The summed E-state index contributed by atoms with van der Waals surface area (Å²) in [7, 11) is 0. The van der Waals surface area contributed by atoms with E-state index >= 15 is 0 Å². The van der Waals surface area contributed by atoms with Gasteiger partial charge in [0.2, 0.25) is 0 Å². The number of nitrogens with two attached hydrogens (primary N) is 1. The molecule has 0 unspecified atom stereocenters. The van der Waals surface area contributed by atoms with Crippen LogP contribution in [0.4, 0.5) is 11.4 Å². The molecular formula is C44H40N2. The third kappa shape index (κ3) is 6.93. The number of rotatable bonds is 11. The molecule has 0 radical (unpaired) electrons. The van der Waals surface area contributed by atoms with E-state index in [9.17, 15) is 0 Å². The van der Waals surface area contributed by atoms with Gasteiger partial charge in [-0.1, -0.05) is 147 Å². The Kier molecular flexibility index (Phi) is 10.1. The van der Waals surface area contributed by atoms with Crippen molar-refractivity contribution in [1.82, 2.24) is 0 Å².